The second kappa shape index (κ2) is 5.49. The lowest BCUT2D eigenvalue weighted by Gasteiger charge is -2.26. The molecular weight excluding hydrogens is 302 g/mol. The van der Waals surface area contributed by atoms with E-state index in [9.17, 15) is 4.79 Å². The van der Waals surface area contributed by atoms with Crippen molar-refractivity contribution < 1.29 is 4.79 Å². The summed E-state index contributed by atoms with van der Waals surface area (Å²) < 4.78 is 1.05. The number of nitrogens with zero attached hydrogens (tertiary/aromatic N) is 1. The molecule has 2 nitrogen and oxygen atoms in total. The molecule has 1 aliphatic rings. The summed E-state index contributed by atoms with van der Waals surface area (Å²) in [5.74, 6) is 0.250. The number of carbonyl (C=O) groups excluding carboxylic acids is 1. The standard InChI is InChI=1S/C16H20BrNO/c1-4-18(11-12(2)3)15(19)16(9-10-16)13-5-7-14(17)8-6-13/h5-8H,2,4,9-11H2,1,3H3. The van der Waals surface area contributed by atoms with Crippen LogP contribution in [0, 0.1) is 0 Å². The smallest absolute Gasteiger partial charge is 0.233 e. The summed E-state index contributed by atoms with van der Waals surface area (Å²) in [5, 5.41) is 0. The van der Waals surface area contributed by atoms with Crippen LogP contribution >= 0.6 is 15.9 Å². The molecule has 1 aromatic rings. The number of rotatable bonds is 5. The molecule has 0 radical (unpaired) electrons. The fourth-order valence-electron chi connectivity index (χ4n) is 2.48. The Kier molecular flexibility index (Phi) is 4.14. The number of likely N-dealkylation sites (N-methyl/N-ethyl adjacent to an activating group) is 1. The highest BCUT2D eigenvalue weighted by molar-refractivity contribution is 9.10. The van der Waals surface area contributed by atoms with Crippen molar-refractivity contribution in [2.45, 2.75) is 32.1 Å². The molecule has 2 rings (SSSR count). The van der Waals surface area contributed by atoms with Gasteiger partial charge < -0.3 is 4.90 Å². The molecule has 1 saturated carbocycles. The topological polar surface area (TPSA) is 20.3 Å². The van der Waals surface area contributed by atoms with Gasteiger partial charge in [-0.15, -0.1) is 0 Å². The molecule has 1 amide bonds. The second-order valence-electron chi connectivity index (χ2n) is 5.37. The Balaban J connectivity index is 2.22. The third-order valence-corrected chi connectivity index (χ3v) is 4.21. The first kappa shape index (κ1) is 14.3. The van der Waals surface area contributed by atoms with Crippen molar-refractivity contribution in [2.24, 2.45) is 0 Å². The highest BCUT2D eigenvalue weighted by Gasteiger charge is 2.52. The highest BCUT2D eigenvalue weighted by atomic mass is 79.9. The van der Waals surface area contributed by atoms with Gasteiger partial charge in [0.15, 0.2) is 0 Å². The van der Waals surface area contributed by atoms with Crippen LogP contribution in [0.5, 0.6) is 0 Å². The van der Waals surface area contributed by atoms with Gasteiger partial charge in [-0.2, -0.15) is 0 Å². The van der Waals surface area contributed by atoms with E-state index in [0.717, 1.165) is 35.0 Å². The van der Waals surface area contributed by atoms with Crippen molar-refractivity contribution in [3.63, 3.8) is 0 Å². The molecule has 0 aromatic heterocycles. The molecule has 102 valence electrons. The Labute approximate surface area is 123 Å². The first-order chi connectivity index (χ1) is 8.99. The molecule has 0 spiro atoms. The lowest BCUT2D eigenvalue weighted by molar-refractivity contribution is -0.133. The van der Waals surface area contributed by atoms with E-state index in [1.54, 1.807) is 0 Å². The van der Waals surface area contributed by atoms with Gasteiger partial charge in [-0.05, 0) is 44.4 Å². The Morgan fingerprint density at radius 2 is 1.95 bits per heavy atom. The van der Waals surface area contributed by atoms with Crippen LogP contribution in [-0.2, 0) is 10.2 Å². The van der Waals surface area contributed by atoms with Crippen molar-refractivity contribution >= 4 is 21.8 Å². The molecule has 19 heavy (non-hydrogen) atoms. The number of carbonyl (C=O) groups is 1. The van der Waals surface area contributed by atoms with E-state index >= 15 is 0 Å². The first-order valence-corrected chi connectivity index (χ1v) is 7.48. The molecule has 0 atom stereocenters. The van der Waals surface area contributed by atoms with Crippen LogP contribution in [-0.4, -0.2) is 23.9 Å². The zero-order valence-corrected chi connectivity index (χ0v) is 13.2. The largest absolute Gasteiger partial charge is 0.338 e. The molecule has 1 aliphatic carbocycles. The molecule has 1 fully saturated rings. The SMILES string of the molecule is C=C(C)CN(CC)C(=O)C1(c2ccc(Br)cc2)CC1. The molecule has 0 aliphatic heterocycles. The van der Waals surface area contributed by atoms with Crippen molar-refractivity contribution in [1.29, 1.82) is 0 Å². The normalized spacial score (nSPS) is 15.9. The maximum absolute atomic E-state index is 12.8. The van der Waals surface area contributed by atoms with E-state index in [4.69, 9.17) is 0 Å². The molecular formula is C16H20BrNO. The summed E-state index contributed by atoms with van der Waals surface area (Å²) in [4.78, 5) is 14.7. The van der Waals surface area contributed by atoms with E-state index in [2.05, 4.69) is 34.6 Å². The summed E-state index contributed by atoms with van der Waals surface area (Å²) in [7, 11) is 0. The third-order valence-electron chi connectivity index (χ3n) is 3.69. The number of amides is 1. The Morgan fingerprint density at radius 1 is 1.37 bits per heavy atom. The average Bonchev–Trinajstić information content (AvgIpc) is 3.17. The maximum atomic E-state index is 12.8. The zero-order chi connectivity index (χ0) is 14.0. The summed E-state index contributed by atoms with van der Waals surface area (Å²) in [6.07, 6.45) is 1.92. The molecule has 0 heterocycles. The lowest BCUT2D eigenvalue weighted by Crippen LogP contribution is -2.40. The Morgan fingerprint density at radius 3 is 2.37 bits per heavy atom. The molecule has 3 heteroatoms. The van der Waals surface area contributed by atoms with E-state index in [1.165, 1.54) is 0 Å². The van der Waals surface area contributed by atoms with Gasteiger partial charge in [0.1, 0.15) is 0 Å². The fourth-order valence-corrected chi connectivity index (χ4v) is 2.74. The van der Waals surface area contributed by atoms with E-state index in [1.807, 2.05) is 30.9 Å². The van der Waals surface area contributed by atoms with Gasteiger partial charge in [-0.1, -0.05) is 40.2 Å². The quantitative estimate of drug-likeness (QED) is 0.753. The molecule has 0 saturated heterocycles. The van der Waals surface area contributed by atoms with Crippen LogP contribution in [0.3, 0.4) is 0 Å². The molecule has 1 aromatic carbocycles. The van der Waals surface area contributed by atoms with E-state index < -0.39 is 0 Å². The van der Waals surface area contributed by atoms with Gasteiger partial charge in [0.25, 0.3) is 0 Å². The van der Waals surface area contributed by atoms with Gasteiger partial charge in [0, 0.05) is 17.6 Å². The lowest BCUT2D eigenvalue weighted by atomic mass is 9.94. The summed E-state index contributed by atoms with van der Waals surface area (Å²) in [5.41, 5.74) is 1.90. The second-order valence-corrected chi connectivity index (χ2v) is 6.28. The fraction of sp³-hybridized carbons (Fsp3) is 0.438. The van der Waals surface area contributed by atoms with Crippen LogP contribution in [0.15, 0.2) is 40.9 Å². The summed E-state index contributed by atoms with van der Waals surface area (Å²) in [6.45, 7) is 9.31. The Bertz CT molecular complexity index is 488. The minimum Gasteiger partial charge on any atom is -0.338 e. The minimum absolute atomic E-state index is 0.250. The van der Waals surface area contributed by atoms with Gasteiger partial charge >= 0.3 is 0 Å². The van der Waals surface area contributed by atoms with Crippen LogP contribution in [0.4, 0.5) is 0 Å². The molecule has 0 bridgehead atoms. The van der Waals surface area contributed by atoms with E-state index in [-0.39, 0.29) is 11.3 Å². The number of hydrogen-bond donors (Lipinski definition) is 0. The van der Waals surface area contributed by atoms with Crippen LogP contribution in [0.1, 0.15) is 32.3 Å². The monoisotopic (exact) mass is 321 g/mol. The number of halogens is 1. The Hall–Kier alpha value is -1.09. The minimum atomic E-state index is -0.272. The predicted octanol–water partition coefficient (Wildman–Crippen LogP) is 3.91. The van der Waals surface area contributed by atoms with Crippen molar-refractivity contribution in [3.05, 3.63) is 46.5 Å². The number of hydrogen-bond acceptors (Lipinski definition) is 1. The van der Waals surface area contributed by atoms with Crippen LogP contribution in [0.2, 0.25) is 0 Å². The third kappa shape index (κ3) is 2.92. The number of benzene rings is 1. The van der Waals surface area contributed by atoms with Crippen molar-refractivity contribution in [3.8, 4) is 0 Å². The summed E-state index contributed by atoms with van der Waals surface area (Å²) in [6, 6.07) is 8.14. The van der Waals surface area contributed by atoms with Gasteiger partial charge in [0.2, 0.25) is 5.91 Å². The van der Waals surface area contributed by atoms with Crippen molar-refractivity contribution in [1.82, 2.24) is 4.90 Å². The van der Waals surface area contributed by atoms with Crippen LogP contribution < -0.4 is 0 Å². The molecule has 0 unspecified atom stereocenters. The van der Waals surface area contributed by atoms with Crippen LogP contribution in [0.25, 0.3) is 0 Å². The van der Waals surface area contributed by atoms with Gasteiger partial charge in [-0.3, -0.25) is 4.79 Å². The predicted molar refractivity (Wildman–Crippen MR) is 82.1 cm³/mol. The first-order valence-electron chi connectivity index (χ1n) is 6.69. The molecule has 0 N–H and O–H groups in total. The summed E-state index contributed by atoms with van der Waals surface area (Å²) >= 11 is 3.44. The van der Waals surface area contributed by atoms with Gasteiger partial charge in [-0.25, -0.2) is 0 Å². The zero-order valence-electron chi connectivity index (χ0n) is 11.6. The highest BCUT2D eigenvalue weighted by Crippen LogP contribution is 2.49. The van der Waals surface area contributed by atoms with Crippen molar-refractivity contribution in [2.75, 3.05) is 13.1 Å². The van der Waals surface area contributed by atoms with Gasteiger partial charge in [0.05, 0.1) is 5.41 Å². The average molecular weight is 322 g/mol. The van der Waals surface area contributed by atoms with E-state index in [0.29, 0.717) is 6.54 Å². The maximum Gasteiger partial charge on any atom is 0.233 e.